The van der Waals surface area contributed by atoms with Crippen molar-refractivity contribution in [1.29, 1.82) is 0 Å². The Hall–Kier alpha value is -3.84. The summed E-state index contributed by atoms with van der Waals surface area (Å²) in [6.45, 7) is 0.303. The van der Waals surface area contributed by atoms with Crippen LogP contribution in [0.15, 0.2) is 72.8 Å². The number of benzene rings is 3. The molecular formula is C24H20ClN3O4. The van der Waals surface area contributed by atoms with Crippen LogP contribution in [0.3, 0.4) is 0 Å². The van der Waals surface area contributed by atoms with Gasteiger partial charge in [0, 0.05) is 23.3 Å². The van der Waals surface area contributed by atoms with Gasteiger partial charge in [0.05, 0.1) is 36.4 Å². The van der Waals surface area contributed by atoms with Crippen LogP contribution in [0, 0.1) is 10.1 Å². The van der Waals surface area contributed by atoms with Crippen LogP contribution in [0.5, 0.6) is 11.5 Å². The van der Waals surface area contributed by atoms with E-state index in [1.165, 1.54) is 12.1 Å². The highest BCUT2D eigenvalue weighted by Gasteiger charge is 2.21. The molecule has 0 amide bonds. The molecule has 0 aliphatic rings. The summed E-state index contributed by atoms with van der Waals surface area (Å²) >= 11 is 6.86. The van der Waals surface area contributed by atoms with Gasteiger partial charge >= 0.3 is 0 Å². The van der Waals surface area contributed by atoms with Crippen molar-refractivity contribution < 1.29 is 14.4 Å². The largest absolute Gasteiger partial charge is 0.497 e. The number of nitro groups is 1. The molecule has 1 aromatic heterocycles. The normalized spacial score (nSPS) is 10.7. The van der Waals surface area contributed by atoms with Crippen molar-refractivity contribution in [2.24, 2.45) is 0 Å². The number of methoxy groups -OCH3 is 2. The molecule has 0 aliphatic carbocycles. The Labute approximate surface area is 189 Å². The van der Waals surface area contributed by atoms with Crippen LogP contribution in [0.1, 0.15) is 5.56 Å². The van der Waals surface area contributed by atoms with Crippen LogP contribution in [-0.4, -0.2) is 28.9 Å². The molecule has 0 N–H and O–H groups in total. The number of halogens is 1. The van der Waals surface area contributed by atoms with Gasteiger partial charge in [0.25, 0.3) is 5.69 Å². The topological polar surface area (TPSA) is 79.4 Å². The molecule has 0 bridgehead atoms. The van der Waals surface area contributed by atoms with Crippen molar-refractivity contribution in [3.05, 3.63) is 93.5 Å². The van der Waals surface area contributed by atoms with E-state index >= 15 is 0 Å². The van der Waals surface area contributed by atoms with Crippen LogP contribution in [0.2, 0.25) is 5.02 Å². The van der Waals surface area contributed by atoms with Crippen molar-refractivity contribution in [3.8, 4) is 34.0 Å². The standard InChI is InChI=1S/C24H20ClN3O4/c1-31-20-10-4-7-17(13-20)23-22(25)24(18-8-5-11-21(14-18)32-2)27(26-23)15-16-6-3-9-19(12-16)28(29)30/h3-14H,15H2,1-2H3. The fourth-order valence-electron chi connectivity index (χ4n) is 3.50. The van der Waals surface area contributed by atoms with E-state index in [9.17, 15) is 10.1 Å². The molecule has 0 saturated carbocycles. The van der Waals surface area contributed by atoms with Crippen molar-refractivity contribution in [2.75, 3.05) is 14.2 Å². The molecule has 0 fully saturated rings. The first-order valence-corrected chi connectivity index (χ1v) is 10.2. The number of ether oxygens (including phenoxy) is 2. The van der Waals surface area contributed by atoms with Gasteiger partial charge in [-0.25, -0.2) is 0 Å². The highest BCUT2D eigenvalue weighted by atomic mass is 35.5. The summed E-state index contributed by atoms with van der Waals surface area (Å²) < 4.78 is 12.5. The summed E-state index contributed by atoms with van der Waals surface area (Å²) in [5.74, 6) is 1.37. The Morgan fingerprint density at radius 2 is 1.56 bits per heavy atom. The molecule has 7 nitrogen and oxygen atoms in total. The predicted molar refractivity (Wildman–Crippen MR) is 123 cm³/mol. The molecule has 1 heterocycles. The van der Waals surface area contributed by atoms with E-state index in [1.54, 1.807) is 25.0 Å². The maximum absolute atomic E-state index is 11.2. The maximum atomic E-state index is 11.2. The molecule has 0 spiro atoms. The number of nitro benzene ring substituents is 1. The van der Waals surface area contributed by atoms with Crippen molar-refractivity contribution in [1.82, 2.24) is 9.78 Å². The monoisotopic (exact) mass is 449 g/mol. The molecule has 0 aliphatic heterocycles. The van der Waals surface area contributed by atoms with Gasteiger partial charge in [-0.15, -0.1) is 0 Å². The number of hydrogen-bond donors (Lipinski definition) is 0. The summed E-state index contributed by atoms with van der Waals surface area (Å²) in [5.41, 5.74) is 3.66. The van der Waals surface area contributed by atoms with E-state index in [4.69, 9.17) is 26.2 Å². The minimum absolute atomic E-state index is 0.0247. The lowest BCUT2D eigenvalue weighted by molar-refractivity contribution is -0.384. The number of rotatable bonds is 7. The molecule has 0 radical (unpaired) electrons. The van der Waals surface area contributed by atoms with Gasteiger partial charge in [-0.2, -0.15) is 5.10 Å². The lowest BCUT2D eigenvalue weighted by Crippen LogP contribution is -2.04. The number of aromatic nitrogens is 2. The van der Waals surface area contributed by atoms with Crippen LogP contribution in [0.4, 0.5) is 5.69 Å². The van der Waals surface area contributed by atoms with Gasteiger partial charge in [-0.3, -0.25) is 14.8 Å². The molecule has 32 heavy (non-hydrogen) atoms. The van der Waals surface area contributed by atoms with Gasteiger partial charge in [-0.05, 0) is 29.8 Å². The zero-order chi connectivity index (χ0) is 22.7. The second-order valence-electron chi connectivity index (χ2n) is 7.06. The molecule has 4 rings (SSSR count). The Balaban J connectivity index is 1.87. The summed E-state index contributed by atoms with van der Waals surface area (Å²) in [4.78, 5) is 10.8. The molecular weight excluding hydrogens is 430 g/mol. The van der Waals surface area contributed by atoms with Crippen molar-refractivity contribution >= 4 is 17.3 Å². The Morgan fingerprint density at radius 1 is 0.938 bits per heavy atom. The Bertz CT molecular complexity index is 1290. The van der Waals surface area contributed by atoms with Gasteiger partial charge in [-0.1, -0.05) is 48.0 Å². The summed E-state index contributed by atoms with van der Waals surface area (Å²) in [7, 11) is 3.20. The minimum atomic E-state index is -0.412. The third-order valence-electron chi connectivity index (χ3n) is 5.03. The smallest absolute Gasteiger partial charge is 0.269 e. The third-order valence-corrected chi connectivity index (χ3v) is 5.39. The maximum Gasteiger partial charge on any atom is 0.269 e. The molecule has 162 valence electrons. The molecule has 0 atom stereocenters. The Morgan fingerprint density at radius 3 is 2.22 bits per heavy atom. The lowest BCUT2D eigenvalue weighted by Gasteiger charge is -2.09. The second-order valence-corrected chi connectivity index (χ2v) is 7.44. The van der Waals surface area contributed by atoms with Crippen molar-refractivity contribution in [2.45, 2.75) is 6.54 Å². The van der Waals surface area contributed by atoms with Crippen molar-refractivity contribution in [3.63, 3.8) is 0 Å². The number of nitrogens with zero attached hydrogens (tertiary/aromatic N) is 3. The molecule has 8 heteroatoms. The highest BCUT2D eigenvalue weighted by Crippen LogP contribution is 2.38. The van der Waals surface area contributed by atoms with E-state index in [0.29, 0.717) is 34.5 Å². The van der Waals surface area contributed by atoms with Gasteiger partial charge in [0.1, 0.15) is 17.2 Å². The number of non-ortho nitro benzene ring substituents is 1. The molecule has 4 aromatic rings. The van der Waals surface area contributed by atoms with E-state index in [-0.39, 0.29) is 5.69 Å². The lowest BCUT2D eigenvalue weighted by atomic mass is 10.1. The van der Waals surface area contributed by atoms with E-state index in [0.717, 1.165) is 16.7 Å². The first kappa shape index (κ1) is 21.4. The van der Waals surface area contributed by atoms with E-state index in [1.807, 2.05) is 54.6 Å². The SMILES string of the molecule is COc1cccc(-c2nn(Cc3cccc([N+](=O)[O-])c3)c(-c3cccc(OC)c3)c2Cl)c1. The zero-order valence-corrected chi connectivity index (χ0v) is 18.2. The second kappa shape index (κ2) is 9.11. The van der Waals surface area contributed by atoms with Crippen LogP contribution in [0.25, 0.3) is 22.5 Å². The van der Waals surface area contributed by atoms with E-state index < -0.39 is 4.92 Å². The van der Waals surface area contributed by atoms with Crippen LogP contribution in [-0.2, 0) is 6.54 Å². The third kappa shape index (κ3) is 4.29. The summed E-state index contributed by atoms with van der Waals surface area (Å²) in [6, 6.07) is 21.5. The average molecular weight is 450 g/mol. The highest BCUT2D eigenvalue weighted by molar-refractivity contribution is 6.35. The van der Waals surface area contributed by atoms with Gasteiger partial charge < -0.3 is 9.47 Å². The first-order valence-electron chi connectivity index (χ1n) is 9.78. The average Bonchev–Trinajstić information content (AvgIpc) is 3.14. The molecule has 0 saturated heterocycles. The quantitative estimate of drug-likeness (QED) is 0.261. The van der Waals surface area contributed by atoms with Crippen LogP contribution < -0.4 is 9.47 Å². The summed E-state index contributed by atoms with van der Waals surface area (Å²) in [6.07, 6.45) is 0. The first-order chi connectivity index (χ1) is 15.5. The zero-order valence-electron chi connectivity index (χ0n) is 17.5. The predicted octanol–water partition coefficient (Wildman–Crippen LogP) is 5.84. The fourth-order valence-corrected chi connectivity index (χ4v) is 3.85. The van der Waals surface area contributed by atoms with E-state index in [2.05, 4.69) is 0 Å². The molecule has 0 unspecified atom stereocenters. The summed E-state index contributed by atoms with van der Waals surface area (Å²) in [5, 5.41) is 16.4. The minimum Gasteiger partial charge on any atom is -0.497 e. The number of hydrogen-bond acceptors (Lipinski definition) is 5. The Kier molecular flexibility index (Phi) is 6.09. The van der Waals surface area contributed by atoms with Gasteiger partial charge in [0.2, 0.25) is 0 Å². The van der Waals surface area contributed by atoms with Crippen LogP contribution >= 0.6 is 11.6 Å². The fraction of sp³-hybridized carbons (Fsp3) is 0.125. The molecule has 3 aromatic carbocycles. The van der Waals surface area contributed by atoms with Gasteiger partial charge in [0.15, 0.2) is 0 Å².